The monoisotopic (exact) mass is 213 g/mol. The number of rotatable bonds is 4. The predicted octanol–water partition coefficient (Wildman–Crippen LogP) is 3.87. The molecule has 0 unspecified atom stereocenters. The van der Waals surface area contributed by atoms with Crippen LogP contribution in [-0.2, 0) is 6.42 Å². The Morgan fingerprint density at radius 1 is 1.50 bits per heavy atom. The summed E-state index contributed by atoms with van der Waals surface area (Å²) in [4.78, 5) is 0. The van der Waals surface area contributed by atoms with Gasteiger partial charge in [-0.05, 0) is 37.5 Å². The van der Waals surface area contributed by atoms with E-state index in [2.05, 4.69) is 37.7 Å². The Labute approximate surface area is 98.6 Å². The highest BCUT2D eigenvalue weighted by molar-refractivity contribution is 5.65. The fourth-order valence-corrected chi connectivity index (χ4v) is 1.79. The Morgan fingerprint density at radius 2 is 2.19 bits per heavy atom. The van der Waals surface area contributed by atoms with E-state index < -0.39 is 0 Å². The minimum atomic E-state index is 0.939. The zero-order valence-electron chi connectivity index (χ0n) is 10.4. The molecule has 1 aromatic carbocycles. The molecule has 0 aliphatic heterocycles. The fourth-order valence-electron chi connectivity index (χ4n) is 1.79. The minimum absolute atomic E-state index is 0.939. The second-order valence-corrected chi connectivity index (χ2v) is 4.07. The lowest BCUT2D eigenvalue weighted by Gasteiger charge is -2.15. The average molecular weight is 213 g/mol. The van der Waals surface area contributed by atoms with Gasteiger partial charge in [-0.3, -0.25) is 0 Å². The minimum Gasteiger partial charge on any atom is -0.359 e. The molecule has 0 spiro atoms. The van der Waals surface area contributed by atoms with Gasteiger partial charge in [0.1, 0.15) is 0 Å². The lowest BCUT2D eigenvalue weighted by molar-refractivity contribution is 0.921. The summed E-state index contributed by atoms with van der Waals surface area (Å²) in [5, 5.41) is 3.31. The van der Waals surface area contributed by atoms with Crippen LogP contribution in [0.1, 0.15) is 37.0 Å². The van der Waals surface area contributed by atoms with Crippen LogP contribution in [0.3, 0.4) is 0 Å². The average Bonchev–Trinajstić information content (AvgIpc) is 2.23. The molecule has 0 radical (unpaired) electrons. The molecule has 84 valence electrons. The van der Waals surface area contributed by atoms with E-state index in [0.29, 0.717) is 0 Å². The van der Waals surface area contributed by atoms with Gasteiger partial charge in [-0.2, -0.15) is 0 Å². The van der Waals surface area contributed by atoms with Gasteiger partial charge in [0, 0.05) is 16.9 Å². The van der Waals surface area contributed by atoms with Gasteiger partial charge in [0.05, 0.1) is 0 Å². The van der Waals surface area contributed by atoms with E-state index >= 15 is 0 Å². The van der Waals surface area contributed by atoms with Crippen LogP contribution >= 0.6 is 0 Å². The van der Waals surface area contributed by atoms with Crippen molar-refractivity contribution in [3.63, 3.8) is 0 Å². The molecule has 0 bridgehead atoms. The first-order chi connectivity index (χ1) is 7.60. The number of aryl methyl sites for hydroxylation is 1. The summed E-state index contributed by atoms with van der Waals surface area (Å²) >= 11 is 0. The number of terminal acetylenes is 1. The Bertz CT molecular complexity index is 435. The van der Waals surface area contributed by atoms with Crippen molar-refractivity contribution in [2.75, 3.05) is 5.32 Å². The second kappa shape index (κ2) is 5.42. The number of nitrogens with one attached hydrogen (secondary N) is 1. The predicted molar refractivity (Wildman–Crippen MR) is 71.5 cm³/mol. The Hall–Kier alpha value is -1.68. The van der Waals surface area contributed by atoms with Crippen molar-refractivity contribution >= 4 is 5.69 Å². The van der Waals surface area contributed by atoms with E-state index in [-0.39, 0.29) is 0 Å². The highest BCUT2D eigenvalue weighted by atomic mass is 14.9. The van der Waals surface area contributed by atoms with E-state index in [0.717, 1.165) is 35.4 Å². The Morgan fingerprint density at radius 3 is 2.69 bits per heavy atom. The standard InChI is InChI=1S/C15H19N/c1-6-8-14-10-9-13(7-2)12(5)15(14)16-11(3)4/h2,9-10,16H,3,6,8H2,1,4-5H3. The molecule has 1 heteroatoms. The molecular formula is C15H19N. The number of hydrogen-bond acceptors (Lipinski definition) is 1. The van der Waals surface area contributed by atoms with Crippen molar-refractivity contribution in [1.82, 2.24) is 0 Å². The highest BCUT2D eigenvalue weighted by Crippen LogP contribution is 2.26. The van der Waals surface area contributed by atoms with Gasteiger partial charge in [-0.15, -0.1) is 6.42 Å². The zero-order chi connectivity index (χ0) is 12.1. The smallest absolute Gasteiger partial charge is 0.0456 e. The summed E-state index contributed by atoms with van der Waals surface area (Å²) in [5.74, 6) is 2.71. The molecular weight excluding hydrogens is 194 g/mol. The van der Waals surface area contributed by atoms with Crippen molar-refractivity contribution in [2.45, 2.75) is 33.6 Å². The largest absolute Gasteiger partial charge is 0.359 e. The molecule has 0 heterocycles. The van der Waals surface area contributed by atoms with Crippen LogP contribution < -0.4 is 5.32 Å². The van der Waals surface area contributed by atoms with Crippen LogP contribution in [0.5, 0.6) is 0 Å². The fraction of sp³-hybridized carbons (Fsp3) is 0.333. The van der Waals surface area contributed by atoms with Crippen LogP contribution in [-0.4, -0.2) is 0 Å². The zero-order valence-corrected chi connectivity index (χ0v) is 10.4. The first-order valence-electron chi connectivity index (χ1n) is 5.61. The van der Waals surface area contributed by atoms with Crippen molar-refractivity contribution in [1.29, 1.82) is 0 Å². The molecule has 1 rings (SSSR count). The molecule has 0 aliphatic rings. The van der Waals surface area contributed by atoms with E-state index in [4.69, 9.17) is 6.42 Å². The van der Waals surface area contributed by atoms with Crippen molar-refractivity contribution in [2.24, 2.45) is 0 Å². The molecule has 0 amide bonds. The van der Waals surface area contributed by atoms with Gasteiger partial charge in [0.2, 0.25) is 0 Å². The summed E-state index contributed by atoms with van der Waals surface area (Å²) < 4.78 is 0. The van der Waals surface area contributed by atoms with Crippen molar-refractivity contribution in [3.05, 3.63) is 41.1 Å². The van der Waals surface area contributed by atoms with Gasteiger partial charge in [-0.25, -0.2) is 0 Å². The van der Waals surface area contributed by atoms with Crippen LogP contribution in [0.2, 0.25) is 0 Å². The molecule has 0 fully saturated rings. The molecule has 0 atom stereocenters. The Balaban J connectivity index is 3.25. The number of allylic oxidation sites excluding steroid dienone is 1. The third kappa shape index (κ3) is 2.67. The van der Waals surface area contributed by atoms with E-state index in [1.165, 1.54) is 5.56 Å². The van der Waals surface area contributed by atoms with Crippen molar-refractivity contribution < 1.29 is 0 Å². The summed E-state index contributed by atoms with van der Waals surface area (Å²) in [6.07, 6.45) is 7.66. The van der Waals surface area contributed by atoms with E-state index in [9.17, 15) is 0 Å². The van der Waals surface area contributed by atoms with Gasteiger partial charge in [0.25, 0.3) is 0 Å². The van der Waals surface area contributed by atoms with Gasteiger partial charge in [0.15, 0.2) is 0 Å². The summed E-state index contributed by atoms with van der Waals surface area (Å²) in [7, 11) is 0. The molecule has 1 N–H and O–H groups in total. The highest BCUT2D eigenvalue weighted by Gasteiger charge is 2.08. The summed E-state index contributed by atoms with van der Waals surface area (Å²) in [6.45, 7) is 10.1. The molecule has 1 nitrogen and oxygen atoms in total. The summed E-state index contributed by atoms with van der Waals surface area (Å²) in [6, 6.07) is 4.13. The van der Waals surface area contributed by atoms with E-state index in [1.54, 1.807) is 0 Å². The molecule has 0 aliphatic carbocycles. The number of hydrogen-bond donors (Lipinski definition) is 1. The van der Waals surface area contributed by atoms with Gasteiger partial charge >= 0.3 is 0 Å². The normalized spacial score (nSPS) is 9.62. The van der Waals surface area contributed by atoms with Crippen LogP contribution in [0.25, 0.3) is 0 Å². The molecule has 16 heavy (non-hydrogen) atoms. The molecule has 0 saturated heterocycles. The third-order valence-electron chi connectivity index (χ3n) is 2.56. The second-order valence-electron chi connectivity index (χ2n) is 4.07. The summed E-state index contributed by atoms with van der Waals surface area (Å²) in [5.41, 5.74) is 5.46. The third-order valence-corrected chi connectivity index (χ3v) is 2.56. The number of benzene rings is 1. The molecule has 0 saturated carbocycles. The van der Waals surface area contributed by atoms with Crippen LogP contribution in [0.15, 0.2) is 24.4 Å². The SMILES string of the molecule is C#Cc1ccc(CCC)c(NC(=C)C)c1C. The number of anilines is 1. The first kappa shape index (κ1) is 12.4. The quantitative estimate of drug-likeness (QED) is 0.748. The van der Waals surface area contributed by atoms with Crippen LogP contribution in [0.4, 0.5) is 5.69 Å². The van der Waals surface area contributed by atoms with Gasteiger partial charge in [-0.1, -0.05) is 31.9 Å². The van der Waals surface area contributed by atoms with Crippen molar-refractivity contribution in [3.8, 4) is 12.3 Å². The molecule has 0 aromatic heterocycles. The van der Waals surface area contributed by atoms with Crippen LogP contribution in [0, 0.1) is 19.3 Å². The maximum atomic E-state index is 5.47. The topological polar surface area (TPSA) is 12.0 Å². The maximum absolute atomic E-state index is 5.47. The molecule has 1 aromatic rings. The maximum Gasteiger partial charge on any atom is 0.0456 e. The lowest BCUT2D eigenvalue weighted by Crippen LogP contribution is -2.02. The Kier molecular flexibility index (Phi) is 4.19. The van der Waals surface area contributed by atoms with Gasteiger partial charge < -0.3 is 5.32 Å². The van der Waals surface area contributed by atoms with E-state index in [1.807, 2.05) is 13.0 Å². The lowest BCUT2D eigenvalue weighted by atomic mass is 9.99. The first-order valence-corrected chi connectivity index (χ1v) is 5.61.